The summed E-state index contributed by atoms with van der Waals surface area (Å²) in [6.45, 7) is 0.855. The summed E-state index contributed by atoms with van der Waals surface area (Å²) >= 11 is 7.64. The molecule has 2 aliphatic rings. The number of fused-ring (bicyclic) bond motifs is 2. The van der Waals surface area contributed by atoms with Crippen molar-refractivity contribution >= 4 is 46.6 Å². The minimum Gasteiger partial charge on any atom is -0.355 e. The average molecular weight is 645 g/mol. The molecule has 4 atom stereocenters. The van der Waals surface area contributed by atoms with Crippen molar-refractivity contribution in [2.75, 3.05) is 17.3 Å². The number of carbonyl (C=O) groups is 2. The molecule has 6 nitrogen and oxygen atoms in total. The van der Waals surface area contributed by atoms with Crippen LogP contribution < -0.4 is 16.0 Å². The zero-order valence-electron chi connectivity index (χ0n) is 24.4. The second kappa shape index (κ2) is 14.3. The van der Waals surface area contributed by atoms with Crippen LogP contribution in [0.2, 0.25) is 5.02 Å². The Balaban J connectivity index is 1.23. The van der Waals surface area contributed by atoms with E-state index in [4.69, 9.17) is 11.6 Å². The zero-order valence-corrected chi connectivity index (χ0v) is 25.9. The summed E-state index contributed by atoms with van der Waals surface area (Å²) in [6.07, 6.45) is 1.79. The van der Waals surface area contributed by atoms with Crippen molar-refractivity contribution in [1.29, 1.82) is 0 Å². The fourth-order valence-electron chi connectivity index (χ4n) is 6.21. The van der Waals surface area contributed by atoms with Gasteiger partial charge in [0.15, 0.2) is 0 Å². The highest BCUT2D eigenvalue weighted by molar-refractivity contribution is 7.98. The molecule has 44 heavy (non-hydrogen) atoms. The maximum atomic E-state index is 13.5. The Bertz CT molecular complexity index is 1440. The number of nitrogens with one attached hydrogen (secondary N) is 3. The first-order chi connectivity index (χ1) is 21.1. The SMILES string of the molecule is CSCCC(NC(=O)c1ccccc1Nc1cccc(C(F)(F)F)c1)C(=O)NC1CC2CC[C@@H](C1)N2Cc1ccc(Cl)cc1. The first kappa shape index (κ1) is 32.2. The first-order valence-corrected chi connectivity index (χ1v) is 16.5. The molecule has 2 aliphatic heterocycles. The summed E-state index contributed by atoms with van der Waals surface area (Å²) in [5.74, 6) is -0.0155. The van der Waals surface area contributed by atoms with Crippen LogP contribution in [0.4, 0.5) is 24.5 Å². The molecule has 3 aromatic carbocycles. The molecule has 0 radical (unpaired) electrons. The Hall–Kier alpha value is -3.21. The Morgan fingerprint density at radius 2 is 1.70 bits per heavy atom. The van der Waals surface area contributed by atoms with E-state index < -0.39 is 23.7 Å². The molecule has 0 spiro atoms. The maximum Gasteiger partial charge on any atom is 0.416 e. The van der Waals surface area contributed by atoms with Crippen LogP contribution in [0.1, 0.15) is 53.6 Å². The van der Waals surface area contributed by atoms with Gasteiger partial charge >= 0.3 is 6.18 Å². The molecule has 3 unspecified atom stereocenters. The normalized spacial score (nSPS) is 20.6. The molecule has 2 heterocycles. The highest BCUT2D eigenvalue weighted by atomic mass is 35.5. The first-order valence-electron chi connectivity index (χ1n) is 14.7. The number of benzene rings is 3. The number of piperidine rings is 1. The lowest BCUT2D eigenvalue weighted by atomic mass is 9.96. The van der Waals surface area contributed by atoms with Gasteiger partial charge in [-0.2, -0.15) is 24.9 Å². The van der Waals surface area contributed by atoms with Crippen molar-refractivity contribution < 1.29 is 22.8 Å². The number of thioether (sulfide) groups is 1. The van der Waals surface area contributed by atoms with E-state index in [-0.39, 0.29) is 23.2 Å². The molecule has 11 heteroatoms. The van der Waals surface area contributed by atoms with E-state index >= 15 is 0 Å². The number of carbonyl (C=O) groups excluding carboxylic acids is 2. The molecule has 3 aromatic rings. The van der Waals surface area contributed by atoms with Crippen LogP contribution in [-0.2, 0) is 17.5 Å². The molecular formula is C33H36ClF3N4O2S. The molecule has 5 rings (SSSR count). The fraction of sp³-hybridized carbons (Fsp3) is 0.394. The van der Waals surface area contributed by atoms with E-state index in [9.17, 15) is 22.8 Å². The molecule has 2 fully saturated rings. The fourth-order valence-corrected chi connectivity index (χ4v) is 6.81. The van der Waals surface area contributed by atoms with Gasteiger partial charge in [-0.25, -0.2) is 0 Å². The van der Waals surface area contributed by atoms with Gasteiger partial charge in [-0.1, -0.05) is 41.9 Å². The lowest BCUT2D eigenvalue weighted by Crippen LogP contribution is -2.54. The number of hydrogen-bond acceptors (Lipinski definition) is 5. The molecule has 3 N–H and O–H groups in total. The van der Waals surface area contributed by atoms with Crippen LogP contribution >= 0.6 is 23.4 Å². The van der Waals surface area contributed by atoms with E-state index in [1.54, 1.807) is 36.0 Å². The van der Waals surface area contributed by atoms with Gasteiger partial charge in [-0.05, 0) is 92.1 Å². The second-order valence-electron chi connectivity index (χ2n) is 11.4. The van der Waals surface area contributed by atoms with Crippen molar-refractivity contribution in [2.45, 2.75) is 69.0 Å². The second-order valence-corrected chi connectivity index (χ2v) is 12.8. The zero-order chi connectivity index (χ0) is 31.3. The number of amides is 2. The third-order valence-corrected chi connectivity index (χ3v) is 9.28. The Kier molecular flexibility index (Phi) is 10.4. The summed E-state index contributed by atoms with van der Waals surface area (Å²) in [7, 11) is 0. The van der Waals surface area contributed by atoms with Crippen LogP contribution in [0, 0.1) is 0 Å². The van der Waals surface area contributed by atoms with Gasteiger partial charge in [-0.15, -0.1) is 0 Å². The molecule has 234 valence electrons. The largest absolute Gasteiger partial charge is 0.416 e. The number of nitrogens with zero attached hydrogens (tertiary/aromatic N) is 1. The maximum absolute atomic E-state index is 13.5. The van der Waals surface area contributed by atoms with E-state index in [1.807, 2.05) is 18.4 Å². The summed E-state index contributed by atoms with van der Waals surface area (Å²) in [4.78, 5) is 29.6. The Morgan fingerprint density at radius 3 is 2.39 bits per heavy atom. The summed E-state index contributed by atoms with van der Waals surface area (Å²) in [6, 6.07) is 19.4. The van der Waals surface area contributed by atoms with Crippen molar-refractivity contribution in [3.05, 3.63) is 94.5 Å². The summed E-state index contributed by atoms with van der Waals surface area (Å²) in [5, 5.41) is 9.78. The molecule has 2 saturated heterocycles. The third-order valence-electron chi connectivity index (χ3n) is 8.38. The van der Waals surface area contributed by atoms with Gasteiger partial charge in [0, 0.05) is 35.4 Å². The van der Waals surface area contributed by atoms with Gasteiger partial charge in [-0.3, -0.25) is 14.5 Å². The van der Waals surface area contributed by atoms with Gasteiger partial charge in [0.2, 0.25) is 5.91 Å². The number of anilines is 2. The number of alkyl halides is 3. The van der Waals surface area contributed by atoms with Crippen LogP contribution in [-0.4, -0.2) is 52.9 Å². The average Bonchev–Trinajstić information content (AvgIpc) is 3.22. The number of halogens is 4. The van der Waals surface area contributed by atoms with Crippen molar-refractivity contribution in [3.8, 4) is 0 Å². The van der Waals surface area contributed by atoms with E-state index in [1.165, 1.54) is 17.7 Å². The molecule has 2 amide bonds. The van der Waals surface area contributed by atoms with Crippen LogP contribution in [0.3, 0.4) is 0 Å². The molecule has 0 aromatic heterocycles. The van der Waals surface area contributed by atoms with Crippen LogP contribution in [0.15, 0.2) is 72.8 Å². The van der Waals surface area contributed by atoms with Gasteiger partial charge in [0.25, 0.3) is 5.91 Å². The molecule has 2 bridgehead atoms. The van der Waals surface area contributed by atoms with Crippen molar-refractivity contribution in [1.82, 2.24) is 15.5 Å². The highest BCUT2D eigenvalue weighted by Gasteiger charge is 2.41. The monoisotopic (exact) mass is 644 g/mol. The summed E-state index contributed by atoms with van der Waals surface area (Å²) in [5.41, 5.74) is 1.21. The Morgan fingerprint density at radius 1 is 1.00 bits per heavy atom. The standard InChI is InChI=1S/C33H36ClF3N4O2S/c1-44-16-15-30(32(43)39-25-18-26-13-14-27(19-25)41(26)20-21-9-11-23(34)12-10-21)40-31(42)28-7-2-3-8-29(28)38-24-6-4-5-22(17-24)33(35,36)37/h2-12,17,25-27,30,38H,13-16,18-20H2,1H3,(H,39,43)(H,40,42)/t25?,26-,27?,30?/m0/s1. The number of hydrogen-bond donors (Lipinski definition) is 3. The Labute approximate surface area is 265 Å². The number of rotatable bonds is 11. The van der Waals surface area contributed by atoms with Crippen molar-refractivity contribution in [3.63, 3.8) is 0 Å². The predicted octanol–water partition coefficient (Wildman–Crippen LogP) is 7.27. The third kappa shape index (κ3) is 8.08. The highest BCUT2D eigenvalue weighted by Crippen LogP contribution is 2.37. The van der Waals surface area contributed by atoms with Crippen LogP contribution in [0.25, 0.3) is 0 Å². The minimum atomic E-state index is -4.49. The summed E-state index contributed by atoms with van der Waals surface area (Å²) < 4.78 is 39.7. The number of para-hydroxylation sites is 1. The minimum absolute atomic E-state index is 0.0185. The van der Waals surface area contributed by atoms with Gasteiger partial charge in [0.05, 0.1) is 16.8 Å². The van der Waals surface area contributed by atoms with E-state index in [2.05, 4.69) is 33.0 Å². The van der Waals surface area contributed by atoms with E-state index in [0.717, 1.165) is 49.4 Å². The topological polar surface area (TPSA) is 73.5 Å². The molecule has 0 aliphatic carbocycles. The smallest absolute Gasteiger partial charge is 0.355 e. The lowest BCUT2D eigenvalue weighted by Gasteiger charge is -2.39. The molecule has 0 saturated carbocycles. The predicted molar refractivity (Wildman–Crippen MR) is 170 cm³/mol. The van der Waals surface area contributed by atoms with Crippen molar-refractivity contribution in [2.24, 2.45) is 0 Å². The van der Waals surface area contributed by atoms with Gasteiger partial charge < -0.3 is 16.0 Å². The lowest BCUT2D eigenvalue weighted by molar-refractivity contribution is -0.137. The van der Waals surface area contributed by atoms with E-state index in [0.29, 0.717) is 29.9 Å². The van der Waals surface area contributed by atoms with Crippen LogP contribution in [0.5, 0.6) is 0 Å². The quantitative estimate of drug-likeness (QED) is 0.205. The van der Waals surface area contributed by atoms with Gasteiger partial charge in [0.1, 0.15) is 6.04 Å². The molecular weight excluding hydrogens is 609 g/mol.